The lowest BCUT2D eigenvalue weighted by atomic mass is 10.2. The van der Waals surface area contributed by atoms with Crippen LogP contribution in [0.2, 0.25) is 0 Å². The molecule has 23 heavy (non-hydrogen) atoms. The third kappa shape index (κ3) is 7.34. The number of carbonyl (C=O) groups excluding carboxylic acids is 1. The Morgan fingerprint density at radius 3 is 2.57 bits per heavy atom. The van der Waals surface area contributed by atoms with E-state index in [4.69, 9.17) is 10.5 Å². The van der Waals surface area contributed by atoms with Gasteiger partial charge in [0.1, 0.15) is 11.6 Å². The number of hydrogen-bond acceptors (Lipinski definition) is 4. The molecule has 2 aromatic rings. The van der Waals surface area contributed by atoms with E-state index in [9.17, 15) is 4.79 Å². The number of amides is 1. The Morgan fingerprint density at radius 2 is 1.91 bits per heavy atom. The van der Waals surface area contributed by atoms with Gasteiger partial charge in [-0.05, 0) is 49.2 Å². The molecule has 1 heterocycles. The van der Waals surface area contributed by atoms with Crippen LogP contribution in [0.5, 0.6) is 5.75 Å². The molecular weight excluding hydrogens is 382 g/mol. The normalized spacial score (nSPS) is 9.78. The molecule has 0 radical (unpaired) electrons. The number of benzene rings is 1. The molecule has 0 aliphatic heterocycles. The van der Waals surface area contributed by atoms with Gasteiger partial charge in [-0.15, -0.1) is 12.4 Å². The zero-order chi connectivity index (χ0) is 15.8. The van der Waals surface area contributed by atoms with Crippen LogP contribution in [0.25, 0.3) is 0 Å². The number of carbonyl (C=O) groups is 1. The van der Waals surface area contributed by atoms with Crippen LogP contribution in [-0.4, -0.2) is 17.5 Å². The summed E-state index contributed by atoms with van der Waals surface area (Å²) in [6.45, 7) is 0.596. The first kappa shape index (κ1) is 19.3. The van der Waals surface area contributed by atoms with Gasteiger partial charge in [0.15, 0.2) is 0 Å². The summed E-state index contributed by atoms with van der Waals surface area (Å²) < 4.78 is 6.62. The SMILES string of the molecule is Cl.Nc1ccc(NC(=O)CCCCOc2ccc(Br)cc2)cn1. The molecule has 7 heteroatoms. The van der Waals surface area contributed by atoms with Crippen molar-refractivity contribution in [3.05, 3.63) is 47.1 Å². The Hall–Kier alpha value is -1.79. The van der Waals surface area contributed by atoms with E-state index in [-0.39, 0.29) is 18.3 Å². The van der Waals surface area contributed by atoms with Gasteiger partial charge < -0.3 is 15.8 Å². The van der Waals surface area contributed by atoms with Gasteiger partial charge in [-0.2, -0.15) is 0 Å². The highest BCUT2D eigenvalue weighted by molar-refractivity contribution is 9.10. The van der Waals surface area contributed by atoms with Gasteiger partial charge in [0, 0.05) is 10.9 Å². The number of rotatable bonds is 7. The number of hydrogen-bond donors (Lipinski definition) is 2. The van der Waals surface area contributed by atoms with Crippen LogP contribution in [0, 0.1) is 0 Å². The number of anilines is 2. The van der Waals surface area contributed by atoms with E-state index < -0.39 is 0 Å². The van der Waals surface area contributed by atoms with Crippen LogP contribution in [0.15, 0.2) is 47.1 Å². The molecule has 0 bridgehead atoms. The van der Waals surface area contributed by atoms with Gasteiger partial charge in [0.05, 0.1) is 18.5 Å². The minimum Gasteiger partial charge on any atom is -0.494 e. The van der Waals surface area contributed by atoms with E-state index in [1.165, 1.54) is 0 Å². The molecule has 0 unspecified atom stereocenters. The number of nitrogens with one attached hydrogen (secondary N) is 1. The van der Waals surface area contributed by atoms with Crippen molar-refractivity contribution in [2.45, 2.75) is 19.3 Å². The molecule has 0 saturated heterocycles. The summed E-state index contributed by atoms with van der Waals surface area (Å²) >= 11 is 3.37. The first-order valence-electron chi connectivity index (χ1n) is 7.03. The van der Waals surface area contributed by atoms with Crippen molar-refractivity contribution in [1.29, 1.82) is 0 Å². The van der Waals surface area contributed by atoms with Crippen LogP contribution < -0.4 is 15.8 Å². The molecule has 2 rings (SSSR count). The summed E-state index contributed by atoms with van der Waals surface area (Å²) in [6.07, 6.45) is 3.59. The fourth-order valence-electron chi connectivity index (χ4n) is 1.81. The minimum atomic E-state index is -0.0322. The third-order valence-corrected chi connectivity index (χ3v) is 3.48. The lowest BCUT2D eigenvalue weighted by molar-refractivity contribution is -0.116. The summed E-state index contributed by atoms with van der Waals surface area (Å²) in [5.74, 6) is 1.24. The molecule has 0 fully saturated rings. The molecular formula is C16H19BrClN3O2. The maximum absolute atomic E-state index is 11.8. The molecule has 0 atom stereocenters. The van der Waals surface area contributed by atoms with Gasteiger partial charge in [-0.3, -0.25) is 4.79 Å². The lowest BCUT2D eigenvalue weighted by Crippen LogP contribution is -2.12. The van der Waals surface area contributed by atoms with E-state index in [1.54, 1.807) is 18.3 Å². The molecule has 0 aliphatic carbocycles. The standard InChI is InChI=1S/C16H18BrN3O2.ClH/c17-12-4-7-14(8-5-12)22-10-2-1-3-16(21)20-13-6-9-15(18)19-11-13;/h4-9,11H,1-3,10H2,(H2,18,19)(H,20,21);1H. The van der Waals surface area contributed by atoms with Crippen molar-refractivity contribution < 1.29 is 9.53 Å². The van der Waals surface area contributed by atoms with Crippen molar-refractivity contribution in [2.75, 3.05) is 17.7 Å². The largest absolute Gasteiger partial charge is 0.494 e. The van der Waals surface area contributed by atoms with E-state index in [1.807, 2.05) is 24.3 Å². The Kier molecular flexibility index (Phi) is 8.43. The number of ether oxygens (including phenoxy) is 1. The van der Waals surface area contributed by atoms with Crippen molar-refractivity contribution in [3.63, 3.8) is 0 Å². The van der Waals surface area contributed by atoms with Gasteiger partial charge >= 0.3 is 0 Å². The number of nitrogen functional groups attached to an aromatic ring is 1. The summed E-state index contributed by atoms with van der Waals surface area (Å²) in [4.78, 5) is 15.7. The Bertz CT molecular complexity index is 606. The van der Waals surface area contributed by atoms with Gasteiger partial charge in [-0.1, -0.05) is 15.9 Å². The van der Waals surface area contributed by atoms with E-state index >= 15 is 0 Å². The number of nitrogens with two attached hydrogens (primary N) is 1. The van der Waals surface area contributed by atoms with Gasteiger partial charge in [0.2, 0.25) is 5.91 Å². The number of unbranched alkanes of at least 4 members (excludes halogenated alkanes) is 1. The molecule has 3 N–H and O–H groups in total. The van der Waals surface area contributed by atoms with Crippen LogP contribution in [0.1, 0.15) is 19.3 Å². The van der Waals surface area contributed by atoms with Crippen molar-refractivity contribution in [1.82, 2.24) is 4.98 Å². The number of halogens is 2. The summed E-state index contributed by atoms with van der Waals surface area (Å²) in [5.41, 5.74) is 6.14. The molecule has 1 aromatic carbocycles. The molecule has 1 aromatic heterocycles. The van der Waals surface area contributed by atoms with Crippen molar-refractivity contribution >= 4 is 45.7 Å². The Labute approximate surface area is 150 Å². The molecule has 0 aliphatic rings. The van der Waals surface area contributed by atoms with Crippen LogP contribution in [0.4, 0.5) is 11.5 Å². The zero-order valence-electron chi connectivity index (χ0n) is 12.5. The van der Waals surface area contributed by atoms with Crippen LogP contribution >= 0.6 is 28.3 Å². The van der Waals surface area contributed by atoms with Crippen LogP contribution in [0.3, 0.4) is 0 Å². The second kappa shape index (κ2) is 10.1. The first-order valence-corrected chi connectivity index (χ1v) is 7.82. The van der Waals surface area contributed by atoms with Crippen molar-refractivity contribution in [2.24, 2.45) is 0 Å². The highest BCUT2D eigenvalue weighted by atomic mass is 79.9. The second-order valence-electron chi connectivity index (χ2n) is 4.78. The Morgan fingerprint density at radius 1 is 1.17 bits per heavy atom. The smallest absolute Gasteiger partial charge is 0.224 e. The average molecular weight is 401 g/mol. The van der Waals surface area contributed by atoms with Crippen molar-refractivity contribution in [3.8, 4) is 5.75 Å². The second-order valence-corrected chi connectivity index (χ2v) is 5.70. The monoisotopic (exact) mass is 399 g/mol. The third-order valence-electron chi connectivity index (χ3n) is 2.95. The molecule has 1 amide bonds. The minimum absolute atomic E-state index is 0. The van der Waals surface area contributed by atoms with Crippen LogP contribution in [-0.2, 0) is 4.79 Å². The lowest BCUT2D eigenvalue weighted by Gasteiger charge is -2.07. The zero-order valence-corrected chi connectivity index (χ0v) is 14.9. The Balaban J connectivity index is 0.00000264. The van der Waals surface area contributed by atoms with E-state index in [0.29, 0.717) is 24.5 Å². The predicted molar refractivity (Wildman–Crippen MR) is 98.0 cm³/mol. The quantitative estimate of drug-likeness (QED) is 0.688. The maximum atomic E-state index is 11.8. The van der Waals surface area contributed by atoms with E-state index in [0.717, 1.165) is 23.1 Å². The molecule has 5 nitrogen and oxygen atoms in total. The number of pyridine rings is 1. The number of aromatic nitrogens is 1. The molecule has 0 spiro atoms. The van der Waals surface area contributed by atoms with Gasteiger partial charge in [0.25, 0.3) is 0 Å². The number of nitrogens with zero attached hydrogens (tertiary/aromatic N) is 1. The first-order chi connectivity index (χ1) is 10.6. The summed E-state index contributed by atoms with van der Waals surface area (Å²) in [5, 5.41) is 2.78. The fourth-order valence-corrected chi connectivity index (χ4v) is 2.08. The van der Waals surface area contributed by atoms with E-state index in [2.05, 4.69) is 26.2 Å². The maximum Gasteiger partial charge on any atom is 0.224 e. The molecule has 0 saturated carbocycles. The van der Waals surface area contributed by atoms with Gasteiger partial charge in [-0.25, -0.2) is 4.98 Å². The fraction of sp³-hybridized carbons (Fsp3) is 0.250. The average Bonchev–Trinajstić information content (AvgIpc) is 2.51. The predicted octanol–water partition coefficient (Wildman–Crippen LogP) is 4.04. The highest BCUT2D eigenvalue weighted by Crippen LogP contribution is 2.16. The molecule has 124 valence electrons. The summed E-state index contributed by atoms with van der Waals surface area (Å²) in [6, 6.07) is 11.1. The topological polar surface area (TPSA) is 77.2 Å². The summed E-state index contributed by atoms with van der Waals surface area (Å²) in [7, 11) is 0. The highest BCUT2D eigenvalue weighted by Gasteiger charge is 2.03.